The van der Waals surface area contributed by atoms with Crippen LogP contribution in [0, 0.1) is 5.82 Å². The lowest BCUT2D eigenvalue weighted by atomic mass is 10.1. The van der Waals surface area contributed by atoms with Crippen LogP contribution in [0.2, 0.25) is 0 Å². The summed E-state index contributed by atoms with van der Waals surface area (Å²) in [7, 11) is 0. The van der Waals surface area contributed by atoms with Crippen molar-refractivity contribution < 1.29 is 18.7 Å². The number of fused-ring (bicyclic) bond motifs is 1. The highest BCUT2D eigenvalue weighted by Crippen LogP contribution is 2.35. The molecule has 2 aliphatic rings. The average Bonchev–Trinajstić information content (AvgIpc) is 3.36. The van der Waals surface area contributed by atoms with Gasteiger partial charge in [-0.25, -0.2) is 14.4 Å². The Bertz CT molecular complexity index is 1540. The van der Waals surface area contributed by atoms with Gasteiger partial charge in [-0.1, -0.05) is 18.7 Å². The number of carbonyl (C=O) groups is 1. The molecule has 9 nitrogen and oxygen atoms in total. The van der Waals surface area contributed by atoms with Gasteiger partial charge in [-0.15, -0.1) is 0 Å². The third kappa shape index (κ3) is 5.29. The van der Waals surface area contributed by atoms with Gasteiger partial charge in [0.2, 0.25) is 5.91 Å². The minimum atomic E-state index is -0.353. The fraction of sp³-hybridized carbons (Fsp3) is 0.241. The maximum absolute atomic E-state index is 14.3. The molecule has 0 radical (unpaired) electrons. The number of anilines is 3. The van der Waals surface area contributed by atoms with E-state index < -0.39 is 0 Å². The van der Waals surface area contributed by atoms with Gasteiger partial charge in [0.15, 0.2) is 0 Å². The Morgan fingerprint density at radius 3 is 2.82 bits per heavy atom. The van der Waals surface area contributed by atoms with E-state index in [1.165, 1.54) is 18.5 Å². The number of likely N-dealkylation sites (tertiary alicyclic amines) is 1. The summed E-state index contributed by atoms with van der Waals surface area (Å²) in [5.74, 6) is 0.346. The molecule has 10 heteroatoms. The monoisotopic (exact) mass is 526 g/mol. The Kier molecular flexibility index (Phi) is 6.87. The van der Waals surface area contributed by atoms with E-state index in [4.69, 9.17) is 9.47 Å². The van der Waals surface area contributed by atoms with Crippen molar-refractivity contribution in [3.05, 3.63) is 79.5 Å². The molecule has 0 aliphatic carbocycles. The molecule has 0 saturated carbocycles. The topological polar surface area (TPSA) is 102 Å². The molecule has 6 rings (SSSR count). The van der Waals surface area contributed by atoms with Crippen LogP contribution in [0.5, 0.6) is 5.75 Å². The van der Waals surface area contributed by atoms with Gasteiger partial charge < -0.3 is 20.1 Å². The van der Waals surface area contributed by atoms with E-state index in [-0.39, 0.29) is 17.8 Å². The van der Waals surface area contributed by atoms with Crippen molar-refractivity contribution in [1.29, 1.82) is 0 Å². The first kappa shape index (κ1) is 24.9. The fourth-order valence-corrected chi connectivity index (χ4v) is 4.82. The zero-order valence-corrected chi connectivity index (χ0v) is 21.1. The molecule has 0 bridgehead atoms. The Balaban J connectivity index is 1.30. The van der Waals surface area contributed by atoms with Crippen LogP contribution in [0.3, 0.4) is 0 Å². The average molecular weight is 527 g/mol. The van der Waals surface area contributed by atoms with Crippen LogP contribution in [0.25, 0.3) is 22.2 Å². The number of hydrogen-bond acceptors (Lipinski definition) is 8. The zero-order valence-electron chi connectivity index (χ0n) is 21.1. The van der Waals surface area contributed by atoms with Gasteiger partial charge in [0.1, 0.15) is 29.8 Å². The highest BCUT2D eigenvalue weighted by Gasteiger charge is 2.33. The highest BCUT2D eigenvalue weighted by atomic mass is 19.1. The number of hydrogen-bond donors (Lipinski definition) is 2. The van der Waals surface area contributed by atoms with Crippen molar-refractivity contribution in [2.75, 3.05) is 36.9 Å². The summed E-state index contributed by atoms with van der Waals surface area (Å²) < 4.78 is 26.1. The van der Waals surface area contributed by atoms with Crippen molar-refractivity contribution in [1.82, 2.24) is 19.9 Å². The van der Waals surface area contributed by atoms with E-state index in [2.05, 4.69) is 37.1 Å². The molecule has 4 aromatic rings. The Labute approximate surface area is 224 Å². The Hall–Kier alpha value is -4.41. The van der Waals surface area contributed by atoms with Crippen molar-refractivity contribution in [2.45, 2.75) is 18.6 Å². The molecule has 2 N–H and O–H groups in total. The minimum absolute atomic E-state index is 0.0181. The second-order valence-electron chi connectivity index (χ2n) is 9.53. The zero-order chi connectivity index (χ0) is 26.8. The van der Waals surface area contributed by atoms with Gasteiger partial charge in [0.05, 0.1) is 36.2 Å². The van der Waals surface area contributed by atoms with Crippen molar-refractivity contribution in [3.8, 4) is 17.0 Å². The molecular weight excluding hydrogens is 499 g/mol. The molecule has 2 aromatic heterocycles. The van der Waals surface area contributed by atoms with Crippen LogP contribution in [0.15, 0.2) is 73.7 Å². The van der Waals surface area contributed by atoms with Crippen molar-refractivity contribution in [2.24, 2.45) is 0 Å². The summed E-state index contributed by atoms with van der Waals surface area (Å²) in [6.07, 6.45) is 5.14. The van der Waals surface area contributed by atoms with E-state index in [1.807, 2.05) is 6.07 Å². The maximum Gasteiger partial charge on any atom is 0.247 e. The van der Waals surface area contributed by atoms with E-state index in [9.17, 15) is 9.18 Å². The first-order chi connectivity index (χ1) is 19.1. The van der Waals surface area contributed by atoms with Gasteiger partial charge in [-0.3, -0.25) is 14.7 Å². The first-order valence-corrected chi connectivity index (χ1v) is 12.8. The van der Waals surface area contributed by atoms with E-state index in [0.717, 1.165) is 32.7 Å². The number of carbonyl (C=O) groups excluding carboxylic acids is 1. The fourth-order valence-electron chi connectivity index (χ4n) is 4.82. The second-order valence-corrected chi connectivity index (χ2v) is 9.53. The van der Waals surface area contributed by atoms with Gasteiger partial charge in [0, 0.05) is 42.0 Å². The quantitative estimate of drug-likeness (QED) is 0.323. The van der Waals surface area contributed by atoms with Gasteiger partial charge in [-0.05, 0) is 42.8 Å². The molecule has 39 heavy (non-hydrogen) atoms. The van der Waals surface area contributed by atoms with Crippen LogP contribution in [-0.4, -0.2) is 64.2 Å². The van der Waals surface area contributed by atoms with E-state index in [0.29, 0.717) is 51.1 Å². The normalized spacial score (nSPS) is 17.5. The number of ether oxygens (including phenoxy) is 2. The summed E-state index contributed by atoms with van der Waals surface area (Å²) in [6.45, 7) is 6.83. The third-order valence-electron chi connectivity index (χ3n) is 6.96. The maximum atomic E-state index is 14.3. The summed E-state index contributed by atoms with van der Waals surface area (Å²) in [4.78, 5) is 27.9. The SMILES string of the molecule is C=CC(=O)Nc1cc2c(Nc3ccnc(-c4ccccc4F)c3)ncnc2cc1OC1CCN(C2COC2)C1. The molecule has 198 valence electrons. The molecule has 4 heterocycles. The molecule has 2 aliphatic heterocycles. The number of rotatable bonds is 8. The number of nitrogens with zero attached hydrogens (tertiary/aromatic N) is 4. The molecule has 2 aromatic carbocycles. The predicted molar refractivity (Wildman–Crippen MR) is 146 cm³/mol. The van der Waals surface area contributed by atoms with Gasteiger partial charge >= 0.3 is 0 Å². The molecule has 2 fully saturated rings. The molecule has 1 atom stereocenters. The molecule has 1 amide bonds. The summed E-state index contributed by atoms with van der Waals surface area (Å²) in [5.41, 5.74) is 2.71. The highest BCUT2D eigenvalue weighted by molar-refractivity contribution is 6.03. The predicted octanol–water partition coefficient (Wildman–Crippen LogP) is 4.55. The van der Waals surface area contributed by atoms with E-state index >= 15 is 0 Å². The minimum Gasteiger partial charge on any atom is -0.487 e. The summed E-state index contributed by atoms with van der Waals surface area (Å²) in [6, 6.07) is 14.1. The third-order valence-corrected chi connectivity index (χ3v) is 6.96. The summed E-state index contributed by atoms with van der Waals surface area (Å²) >= 11 is 0. The largest absolute Gasteiger partial charge is 0.487 e. The number of halogens is 1. The molecule has 0 spiro atoms. The summed E-state index contributed by atoms with van der Waals surface area (Å²) in [5, 5.41) is 6.82. The standard InChI is InChI=1S/C29H27FN6O3/c1-2-28(37)35-26-12-22-25(13-27(26)39-20-8-10-36(14-20)19-15-38-16-19)32-17-33-29(22)34-18-7-9-31-24(11-18)21-5-3-4-6-23(21)30/h2-7,9,11-13,17,19-20H,1,8,10,14-16H2,(H,35,37)(H,31,32,33,34). The number of nitrogens with one attached hydrogen (secondary N) is 2. The van der Waals surface area contributed by atoms with Gasteiger partial charge in [-0.2, -0.15) is 0 Å². The number of aromatic nitrogens is 3. The first-order valence-electron chi connectivity index (χ1n) is 12.8. The van der Waals surface area contributed by atoms with Crippen LogP contribution >= 0.6 is 0 Å². The lowest BCUT2D eigenvalue weighted by molar-refractivity contribution is -0.111. The van der Waals surface area contributed by atoms with Crippen LogP contribution in [0.4, 0.5) is 21.6 Å². The second kappa shape index (κ2) is 10.8. The molecular formula is C29H27FN6O3. The lowest BCUT2D eigenvalue weighted by Gasteiger charge is -2.34. The van der Waals surface area contributed by atoms with Crippen LogP contribution in [0.1, 0.15) is 6.42 Å². The lowest BCUT2D eigenvalue weighted by Crippen LogP contribution is -2.48. The van der Waals surface area contributed by atoms with Gasteiger partial charge in [0.25, 0.3) is 0 Å². The molecule has 1 unspecified atom stereocenters. The Morgan fingerprint density at radius 1 is 1.15 bits per heavy atom. The molecule has 2 saturated heterocycles. The van der Waals surface area contributed by atoms with Crippen LogP contribution in [-0.2, 0) is 9.53 Å². The van der Waals surface area contributed by atoms with E-state index in [1.54, 1.807) is 42.6 Å². The van der Waals surface area contributed by atoms with Crippen molar-refractivity contribution in [3.63, 3.8) is 0 Å². The number of amides is 1. The number of pyridine rings is 1. The number of benzene rings is 2. The van der Waals surface area contributed by atoms with Crippen molar-refractivity contribution >= 4 is 34.0 Å². The van der Waals surface area contributed by atoms with Crippen LogP contribution < -0.4 is 15.4 Å². The smallest absolute Gasteiger partial charge is 0.247 e. The Morgan fingerprint density at radius 2 is 2.03 bits per heavy atom.